The van der Waals surface area contributed by atoms with Crippen molar-refractivity contribution in [3.05, 3.63) is 47.5 Å². The summed E-state index contributed by atoms with van der Waals surface area (Å²) in [4.78, 5) is 10.8. The normalized spacial score (nSPS) is 11.7. The van der Waals surface area contributed by atoms with Crippen LogP contribution in [0.3, 0.4) is 0 Å². The lowest BCUT2D eigenvalue weighted by Crippen LogP contribution is -2.17. The van der Waals surface area contributed by atoms with E-state index in [1.54, 1.807) is 0 Å². The molecule has 0 heterocycles. The number of alkyl halides is 3. The fourth-order valence-corrected chi connectivity index (χ4v) is 3.08. The van der Waals surface area contributed by atoms with Crippen molar-refractivity contribution < 1.29 is 35.9 Å². The minimum Gasteiger partial charge on any atom is -0.424 e. The highest BCUT2D eigenvalue weighted by atomic mass is 35.5. The maximum atomic E-state index is 12.4. The van der Waals surface area contributed by atoms with Crippen LogP contribution >= 0.6 is 11.6 Å². The van der Waals surface area contributed by atoms with E-state index < -0.39 is 28.1 Å². The number of ether oxygens (including phenoxy) is 2. The van der Waals surface area contributed by atoms with Gasteiger partial charge in [0.1, 0.15) is 5.75 Å². The molecule has 0 aliphatic rings. The van der Waals surface area contributed by atoms with Crippen LogP contribution in [0.1, 0.15) is 6.92 Å². The predicted molar refractivity (Wildman–Crippen MR) is 86.7 cm³/mol. The minimum atomic E-state index is -4.89. The molecule has 0 radical (unpaired) electrons. The highest BCUT2D eigenvalue weighted by Crippen LogP contribution is 2.31. The molecule has 0 aromatic heterocycles. The van der Waals surface area contributed by atoms with Gasteiger partial charge in [0.25, 0.3) is 10.0 Å². The summed E-state index contributed by atoms with van der Waals surface area (Å²) in [5, 5.41) is 0.174. The summed E-state index contributed by atoms with van der Waals surface area (Å²) in [5.74, 6) is -1.33. The van der Waals surface area contributed by atoms with Crippen LogP contribution in [0.5, 0.6) is 11.5 Å². The van der Waals surface area contributed by atoms with Crippen molar-refractivity contribution in [2.75, 3.05) is 4.72 Å². The molecule has 1 N–H and O–H groups in total. The van der Waals surface area contributed by atoms with E-state index in [0.717, 1.165) is 31.2 Å². The van der Waals surface area contributed by atoms with Gasteiger partial charge in [0.2, 0.25) is 0 Å². The molecule has 2 aromatic rings. The Hall–Kier alpha value is -2.46. The van der Waals surface area contributed by atoms with Crippen molar-refractivity contribution >= 4 is 33.3 Å². The number of esters is 1. The molecule has 0 amide bonds. The van der Waals surface area contributed by atoms with Crippen LogP contribution in [0.4, 0.5) is 18.9 Å². The number of hydrogen-bond acceptors (Lipinski definition) is 5. The third kappa shape index (κ3) is 5.53. The Labute approximate surface area is 151 Å². The van der Waals surface area contributed by atoms with Gasteiger partial charge in [-0.15, -0.1) is 13.2 Å². The number of carbonyl (C=O) groups is 1. The molecule has 0 bridgehead atoms. The van der Waals surface area contributed by atoms with Crippen molar-refractivity contribution in [2.24, 2.45) is 0 Å². The molecule has 0 spiro atoms. The molecule has 6 nitrogen and oxygen atoms in total. The van der Waals surface area contributed by atoms with Gasteiger partial charge >= 0.3 is 12.3 Å². The molecule has 0 atom stereocenters. The summed E-state index contributed by atoms with van der Waals surface area (Å²) in [7, 11) is -4.19. The Morgan fingerprint density at radius 2 is 1.73 bits per heavy atom. The number of halogens is 4. The second-order valence-electron chi connectivity index (χ2n) is 4.86. The predicted octanol–water partition coefficient (Wildman–Crippen LogP) is 3.96. The van der Waals surface area contributed by atoms with Crippen LogP contribution in [-0.4, -0.2) is 20.7 Å². The smallest absolute Gasteiger partial charge is 0.424 e. The summed E-state index contributed by atoms with van der Waals surface area (Å²) in [6, 6.07) is 7.47. The Morgan fingerprint density at radius 1 is 1.12 bits per heavy atom. The van der Waals surface area contributed by atoms with Crippen LogP contribution in [0.15, 0.2) is 47.4 Å². The van der Waals surface area contributed by atoms with Gasteiger partial charge in [0.15, 0.2) is 5.75 Å². The summed E-state index contributed by atoms with van der Waals surface area (Å²) in [6.07, 6.45) is -4.89. The van der Waals surface area contributed by atoms with Crippen LogP contribution in [0.25, 0.3) is 0 Å². The van der Waals surface area contributed by atoms with E-state index in [4.69, 9.17) is 16.3 Å². The maximum absolute atomic E-state index is 12.4. The number of anilines is 1. The molecule has 140 valence electrons. The first-order chi connectivity index (χ1) is 12.0. The highest BCUT2D eigenvalue weighted by molar-refractivity contribution is 7.92. The molecule has 0 unspecified atom stereocenters. The second-order valence-corrected chi connectivity index (χ2v) is 6.98. The lowest BCUT2D eigenvalue weighted by Gasteiger charge is -2.13. The number of benzene rings is 2. The van der Waals surface area contributed by atoms with Gasteiger partial charge in [-0.2, -0.15) is 0 Å². The Morgan fingerprint density at radius 3 is 2.27 bits per heavy atom. The molecule has 0 saturated heterocycles. The van der Waals surface area contributed by atoms with Crippen LogP contribution in [0, 0.1) is 0 Å². The van der Waals surface area contributed by atoms with Gasteiger partial charge in [-0.25, -0.2) is 8.42 Å². The fraction of sp³-hybridized carbons (Fsp3) is 0.133. The first-order valence-electron chi connectivity index (χ1n) is 6.83. The van der Waals surface area contributed by atoms with E-state index >= 15 is 0 Å². The fourth-order valence-electron chi connectivity index (χ4n) is 1.85. The number of carbonyl (C=O) groups excluding carboxylic acids is 1. The SMILES string of the molecule is CC(=O)Oc1ccc(Cl)cc1NS(=O)(=O)c1ccc(OC(F)(F)F)cc1. The number of nitrogens with one attached hydrogen (secondary N) is 1. The van der Waals surface area contributed by atoms with Crippen molar-refractivity contribution in [3.63, 3.8) is 0 Å². The van der Waals surface area contributed by atoms with Gasteiger partial charge in [-0.05, 0) is 42.5 Å². The number of hydrogen-bond donors (Lipinski definition) is 1. The minimum absolute atomic E-state index is 0.0810. The molecule has 0 aliphatic heterocycles. The van der Waals surface area contributed by atoms with Gasteiger partial charge in [0.05, 0.1) is 10.6 Å². The Balaban J connectivity index is 2.29. The quantitative estimate of drug-likeness (QED) is 0.597. The molecule has 11 heteroatoms. The molecular formula is C15H11ClF3NO5S. The van der Waals surface area contributed by atoms with E-state index in [2.05, 4.69) is 9.46 Å². The first-order valence-corrected chi connectivity index (χ1v) is 8.69. The molecule has 0 aliphatic carbocycles. The molecule has 0 fully saturated rings. The monoisotopic (exact) mass is 409 g/mol. The maximum Gasteiger partial charge on any atom is 0.573 e. The van der Waals surface area contributed by atoms with Crippen LogP contribution in [-0.2, 0) is 14.8 Å². The van der Waals surface area contributed by atoms with Crippen molar-refractivity contribution in [1.29, 1.82) is 0 Å². The average molecular weight is 410 g/mol. The van der Waals surface area contributed by atoms with E-state index in [1.807, 2.05) is 0 Å². The summed E-state index contributed by atoms with van der Waals surface area (Å²) < 4.78 is 71.9. The van der Waals surface area contributed by atoms with Gasteiger partial charge in [-0.3, -0.25) is 9.52 Å². The molecule has 0 saturated carbocycles. The van der Waals surface area contributed by atoms with Crippen molar-refractivity contribution in [1.82, 2.24) is 0 Å². The molecular weight excluding hydrogens is 399 g/mol. The largest absolute Gasteiger partial charge is 0.573 e. The summed E-state index contributed by atoms with van der Waals surface area (Å²) in [5.41, 5.74) is -0.108. The Kier molecular flexibility index (Phi) is 5.67. The average Bonchev–Trinajstić information content (AvgIpc) is 2.48. The van der Waals surface area contributed by atoms with Gasteiger partial charge in [0, 0.05) is 11.9 Å². The lowest BCUT2D eigenvalue weighted by atomic mass is 10.3. The molecule has 26 heavy (non-hydrogen) atoms. The van der Waals surface area contributed by atoms with E-state index in [0.29, 0.717) is 0 Å². The zero-order valence-electron chi connectivity index (χ0n) is 13.0. The third-order valence-corrected chi connectivity index (χ3v) is 4.42. The standard InChI is InChI=1S/C15H11ClF3NO5S/c1-9(21)24-14-7-2-10(16)8-13(14)20-26(22,23)12-5-3-11(4-6-12)25-15(17,18)19/h2-8,20H,1H3. The second kappa shape index (κ2) is 7.42. The van der Waals surface area contributed by atoms with Gasteiger partial charge in [-0.1, -0.05) is 11.6 Å². The summed E-state index contributed by atoms with van der Waals surface area (Å²) in [6.45, 7) is 1.13. The van der Waals surface area contributed by atoms with Crippen molar-refractivity contribution in [3.8, 4) is 11.5 Å². The zero-order chi connectivity index (χ0) is 19.5. The van der Waals surface area contributed by atoms with Crippen LogP contribution in [0.2, 0.25) is 5.02 Å². The van der Waals surface area contributed by atoms with Crippen molar-refractivity contribution in [2.45, 2.75) is 18.2 Å². The molecule has 2 rings (SSSR count). The topological polar surface area (TPSA) is 81.7 Å². The summed E-state index contributed by atoms with van der Waals surface area (Å²) >= 11 is 5.81. The lowest BCUT2D eigenvalue weighted by molar-refractivity contribution is -0.274. The van der Waals surface area contributed by atoms with Gasteiger partial charge < -0.3 is 9.47 Å². The number of sulfonamides is 1. The van der Waals surface area contributed by atoms with Crippen LogP contribution < -0.4 is 14.2 Å². The van der Waals surface area contributed by atoms with E-state index in [-0.39, 0.29) is 21.4 Å². The zero-order valence-corrected chi connectivity index (χ0v) is 14.6. The molecule has 2 aromatic carbocycles. The first kappa shape index (κ1) is 19.9. The van der Waals surface area contributed by atoms with E-state index in [1.165, 1.54) is 18.2 Å². The Bertz CT molecular complexity index is 914. The third-order valence-electron chi connectivity index (χ3n) is 2.81. The van der Waals surface area contributed by atoms with E-state index in [9.17, 15) is 26.4 Å². The highest BCUT2D eigenvalue weighted by Gasteiger charge is 2.31. The number of rotatable bonds is 5.